The summed E-state index contributed by atoms with van der Waals surface area (Å²) >= 11 is 0. The van der Waals surface area contributed by atoms with Crippen LogP contribution in [0.25, 0.3) is 0 Å². The molecule has 2 rings (SSSR count). The Labute approximate surface area is 124 Å². The summed E-state index contributed by atoms with van der Waals surface area (Å²) in [5.74, 6) is 0.455. The number of amides is 1. The maximum atomic E-state index is 12.3. The van der Waals surface area contributed by atoms with Gasteiger partial charge >= 0.3 is 0 Å². The van der Waals surface area contributed by atoms with Crippen LogP contribution in [-0.2, 0) is 4.79 Å². The van der Waals surface area contributed by atoms with E-state index in [0.717, 1.165) is 38.0 Å². The zero-order valence-corrected chi connectivity index (χ0v) is 12.1. The highest BCUT2D eigenvalue weighted by Gasteiger charge is 2.20. The van der Waals surface area contributed by atoms with Crippen molar-refractivity contribution >= 4 is 11.6 Å². The minimum Gasteiger partial charge on any atom is -0.495 e. The molecule has 0 aromatic heterocycles. The SMILES string of the molecule is COc1ccccc1N/C=C(/C#N)C(=O)N1CCCCC1. The van der Waals surface area contributed by atoms with Gasteiger partial charge in [0.15, 0.2) is 0 Å². The van der Waals surface area contributed by atoms with Crippen LogP contribution in [0.2, 0.25) is 0 Å². The van der Waals surface area contributed by atoms with Gasteiger partial charge in [-0.2, -0.15) is 5.26 Å². The van der Waals surface area contributed by atoms with E-state index in [-0.39, 0.29) is 11.5 Å². The molecule has 1 aliphatic rings. The van der Waals surface area contributed by atoms with Gasteiger partial charge in [0.25, 0.3) is 5.91 Å². The first-order valence-electron chi connectivity index (χ1n) is 7.05. The predicted octanol–water partition coefficient (Wildman–Crippen LogP) is 2.53. The number of para-hydroxylation sites is 2. The van der Waals surface area contributed by atoms with Crippen molar-refractivity contribution in [2.75, 3.05) is 25.5 Å². The number of benzene rings is 1. The van der Waals surface area contributed by atoms with Crippen LogP contribution < -0.4 is 10.1 Å². The standard InChI is InChI=1S/C16H19N3O2/c1-21-15-8-4-3-7-14(15)18-12-13(11-17)16(20)19-9-5-2-6-10-19/h3-4,7-8,12,18H,2,5-6,9-10H2,1H3/b13-12-. The van der Waals surface area contributed by atoms with Gasteiger partial charge in [0.2, 0.25) is 0 Å². The van der Waals surface area contributed by atoms with Crippen molar-refractivity contribution in [2.24, 2.45) is 0 Å². The minimum absolute atomic E-state index is 0.114. The van der Waals surface area contributed by atoms with Crippen molar-refractivity contribution in [1.82, 2.24) is 4.90 Å². The number of nitrogens with zero attached hydrogens (tertiary/aromatic N) is 2. The number of ether oxygens (including phenoxy) is 1. The summed E-state index contributed by atoms with van der Waals surface area (Å²) in [7, 11) is 1.58. The van der Waals surface area contributed by atoms with Crippen LogP contribution in [0.5, 0.6) is 5.75 Å². The van der Waals surface area contributed by atoms with Crippen LogP contribution in [-0.4, -0.2) is 31.0 Å². The first-order chi connectivity index (χ1) is 10.3. The zero-order chi connectivity index (χ0) is 15.1. The van der Waals surface area contributed by atoms with E-state index in [1.807, 2.05) is 30.3 Å². The van der Waals surface area contributed by atoms with Crippen LogP contribution in [0.15, 0.2) is 36.0 Å². The number of rotatable bonds is 4. The van der Waals surface area contributed by atoms with Crippen molar-refractivity contribution in [1.29, 1.82) is 5.26 Å². The molecule has 1 saturated heterocycles. The summed E-state index contributed by atoms with van der Waals surface area (Å²) in [6.45, 7) is 1.46. The van der Waals surface area contributed by atoms with Crippen molar-refractivity contribution in [3.05, 3.63) is 36.0 Å². The molecule has 0 saturated carbocycles. The Bertz CT molecular complexity index is 569. The van der Waals surface area contributed by atoms with Crippen molar-refractivity contribution in [3.63, 3.8) is 0 Å². The van der Waals surface area contributed by atoms with E-state index in [0.29, 0.717) is 5.75 Å². The van der Waals surface area contributed by atoms with Gasteiger partial charge in [-0.25, -0.2) is 0 Å². The highest BCUT2D eigenvalue weighted by Crippen LogP contribution is 2.23. The summed E-state index contributed by atoms with van der Waals surface area (Å²) in [5, 5.41) is 12.2. The molecular weight excluding hydrogens is 266 g/mol. The number of methoxy groups -OCH3 is 1. The van der Waals surface area contributed by atoms with Crippen LogP contribution in [0.1, 0.15) is 19.3 Å². The molecule has 1 aromatic carbocycles. The van der Waals surface area contributed by atoms with E-state index < -0.39 is 0 Å². The van der Waals surface area contributed by atoms with Gasteiger partial charge in [0, 0.05) is 19.3 Å². The number of likely N-dealkylation sites (tertiary alicyclic amines) is 1. The Morgan fingerprint density at radius 3 is 2.71 bits per heavy atom. The Morgan fingerprint density at radius 2 is 2.05 bits per heavy atom. The lowest BCUT2D eigenvalue weighted by Gasteiger charge is -2.26. The van der Waals surface area contributed by atoms with Crippen LogP contribution in [0, 0.1) is 11.3 Å². The van der Waals surface area contributed by atoms with Gasteiger partial charge in [-0.05, 0) is 31.4 Å². The lowest BCUT2D eigenvalue weighted by molar-refractivity contribution is -0.127. The van der Waals surface area contributed by atoms with E-state index in [2.05, 4.69) is 5.32 Å². The van der Waals surface area contributed by atoms with Gasteiger partial charge < -0.3 is 15.0 Å². The Balaban J connectivity index is 2.10. The molecule has 110 valence electrons. The fourth-order valence-corrected chi connectivity index (χ4v) is 2.32. The molecule has 0 radical (unpaired) electrons. The van der Waals surface area contributed by atoms with Gasteiger partial charge in [-0.15, -0.1) is 0 Å². The van der Waals surface area contributed by atoms with Crippen LogP contribution >= 0.6 is 0 Å². The van der Waals surface area contributed by atoms with E-state index in [1.54, 1.807) is 12.0 Å². The minimum atomic E-state index is -0.209. The molecule has 0 unspecified atom stereocenters. The normalized spacial score (nSPS) is 15.2. The molecule has 1 fully saturated rings. The van der Waals surface area contributed by atoms with E-state index in [9.17, 15) is 10.1 Å². The lowest BCUT2D eigenvalue weighted by Crippen LogP contribution is -2.36. The van der Waals surface area contributed by atoms with E-state index in [1.165, 1.54) is 6.20 Å². The fraction of sp³-hybridized carbons (Fsp3) is 0.375. The van der Waals surface area contributed by atoms with Gasteiger partial charge in [-0.3, -0.25) is 4.79 Å². The molecule has 0 bridgehead atoms. The first kappa shape index (κ1) is 14.9. The zero-order valence-electron chi connectivity index (χ0n) is 12.1. The highest BCUT2D eigenvalue weighted by molar-refractivity contribution is 5.97. The number of carbonyl (C=O) groups excluding carboxylic acids is 1. The molecule has 1 aromatic rings. The third-order valence-electron chi connectivity index (χ3n) is 3.47. The molecule has 1 aliphatic heterocycles. The van der Waals surface area contributed by atoms with Crippen molar-refractivity contribution in [3.8, 4) is 11.8 Å². The number of hydrogen-bond acceptors (Lipinski definition) is 4. The van der Waals surface area contributed by atoms with E-state index in [4.69, 9.17) is 4.74 Å². The van der Waals surface area contributed by atoms with Crippen molar-refractivity contribution < 1.29 is 9.53 Å². The average Bonchev–Trinajstić information content (AvgIpc) is 2.56. The third-order valence-corrected chi connectivity index (χ3v) is 3.47. The summed E-state index contributed by atoms with van der Waals surface area (Å²) in [5.41, 5.74) is 0.835. The summed E-state index contributed by atoms with van der Waals surface area (Å²) in [4.78, 5) is 14.0. The maximum Gasteiger partial charge on any atom is 0.266 e. The number of hydrogen-bond donors (Lipinski definition) is 1. The number of carbonyl (C=O) groups is 1. The summed E-state index contributed by atoms with van der Waals surface area (Å²) in [6.07, 6.45) is 4.61. The highest BCUT2D eigenvalue weighted by atomic mass is 16.5. The molecule has 1 N–H and O–H groups in total. The molecular formula is C16H19N3O2. The molecule has 5 heteroatoms. The molecule has 0 spiro atoms. The largest absolute Gasteiger partial charge is 0.495 e. The second kappa shape index (κ2) is 7.34. The second-order valence-electron chi connectivity index (χ2n) is 4.87. The monoisotopic (exact) mass is 285 g/mol. The Hall–Kier alpha value is -2.48. The fourth-order valence-electron chi connectivity index (χ4n) is 2.32. The van der Waals surface area contributed by atoms with Gasteiger partial charge in [-0.1, -0.05) is 12.1 Å². The number of piperidine rings is 1. The molecule has 0 aliphatic carbocycles. The van der Waals surface area contributed by atoms with Crippen molar-refractivity contribution in [2.45, 2.75) is 19.3 Å². The van der Waals surface area contributed by atoms with E-state index >= 15 is 0 Å². The Kier molecular flexibility index (Phi) is 5.22. The number of nitrogens with one attached hydrogen (secondary N) is 1. The third kappa shape index (κ3) is 3.76. The maximum absolute atomic E-state index is 12.3. The number of anilines is 1. The summed E-state index contributed by atoms with van der Waals surface area (Å²) in [6, 6.07) is 9.33. The Morgan fingerprint density at radius 1 is 1.33 bits per heavy atom. The lowest BCUT2D eigenvalue weighted by atomic mass is 10.1. The molecule has 5 nitrogen and oxygen atoms in total. The smallest absolute Gasteiger partial charge is 0.266 e. The van der Waals surface area contributed by atoms with Crippen LogP contribution in [0.3, 0.4) is 0 Å². The average molecular weight is 285 g/mol. The molecule has 1 heterocycles. The van der Waals surface area contributed by atoms with Gasteiger partial charge in [0.1, 0.15) is 17.4 Å². The molecule has 1 amide bonds. The van der Waals surface area contributed by atoms with Crippen LogP contribution in [0.4, 0.5) is 5.69 Å². The topological polar surface area (TPSA) is 65.4 Å². The summed E-state index contributed by atoms with van der Waals surface area (Å²) < 4.78 is 5.22. The van der Waals surface area contributed by atoms with Gasteiger partial charge in [0.05, 0.1) is 12.8 Å². The predicted molar refractivity (Wildman–Crippen MR) is 80.7 cm³/mol. The molecule has 0 atom stereocenters. The second-order valence-corrected chi connectivity index (χ2v) is 4.87. The molecule has 21 heavy (non-hydrogen) atoms. The number of nitriles is 1. The quantitative estimate of drug-likeness (QED) is 0.682. The first-order valence-corrected chi connectivity index (χ1v) is 7.05.